The van der Waals surface area contributed by atoms with Gasteiger partial charge in [0.1, 0.15) is 5.82 Å². The molecule has 7 heteroatoms. The Labute approximate surface area is 180 Å². The molecular formula is C24H22N4O3. The minimum absolute atomic E-state index is 0.0389. The van der Waals surface area contributed by atoms with Crippen LogP contribution in [0.2, 0.25) is 0 Å². The molecule has 4 rings (SSSR count). The Morgan fingerprint density at radius 3 is 2.45 bits per heavy atom. The van der Waals surface area contributed by atoms with E-state index in [-0.39, 0.29) is 17.6 Å². The van der Waals surface area contributed by atoms with Gasteiger partial charge in [-0.15, -0.1) is 0 Å². The van der Waals surface area contributed by atoms with Gasteiger partial charge in [0.15, 0.2) is 5.78 Å². The van der Waals surface area contributed by atoms with E-state index in [4.69, 9.17) is 0 Å². The Balaban J connectivity index is 1.41. The summed E-state index contributed by atoms with van der Waals surface area (Å²) in [6.45, 7) is 2.07. The first-order valence-corrected chi connectivity index (χ1v) is 10.00. The molecular weight excluding hydrogens is 392 g/mol. The van der Waals surface area contributed by atoms with Crippen molar-refractivity contribution in [2.24, 2.45) is 0 Å². The first-order chi connectivity index (χ1) is 15.0. The van der Waals surface area contributed by atoms with Gasteiger partial charge in [-0.05, 0) is 42.8 Å². The summed E-state index contributed by atoms with van der Waals surface area (Å²) in [6, 6.07) is 19.6. The van der Waals surface area contributed by atoms with Crippen LogP contribution in [-0.4, -0.2) is 29.3 Å². The van der Waals surface area contributed by atoms with E-state index in [9.17, 15) is 14.4 Å². The number of anilines is 3. The van der Waals surface area contributed by atoms with Crippen LogP contribution < -0.4 is 15.5 Å². The lowest BCUT2D eigenvalue weighted by Gasteiger charge is -2.18. The molecule has 0 spiro atoms. The zero-order valence-corrected chi connectivity index (χ0v) is 17.0. The molecule has 3 amide bonds. The summed E-state index contributed by atoms with van der Waals surface area (Å²) in [5.74, 6) is 0.481. The highest BCUT2D eigenvalue weighted by Gasteiger charge is 2.31. The number of nitrogens with zero attached hydrogens (tertiary/aromatic N) is 2. The van der Waals surface area contributed by atoms with Gasteiger partial charge in [-0.3, -0.25) is 14.9 Å². The van der Waals surface area contributed by atoms with Crippen LogP contribution in [0.3, 0.4) is 0 Å². The Morgan fingerprint density at radius 2 is 1.74 bits per heavy atom. The molecule has 0 aliphatic carbocycles. The SMILES string of the molecule is CC(=O)c1ccc(NC(=O)Nc2cc(N3CC(c4ccccc4)CC3=O)ccn2)cc1. The highest BCUT2D eigenvalue weighted by atomic mass is 16.2. The Morgan fingerprint density at radius 1 is 1.00 bits per heavy atom. The Bertz CT molecular complexity index is 1110. The number of ketones is 1. The van der Waals surface area contributed by atoms with Crippen molar-refractivity contribution in [3.63, 3.8) is 0 Å². The van der Waals surface area contributed by atoms with Crippen LogP contribution in [0.15, 0.2) is 72.9 Å². The van der Waals surface area contributed by atoms with Crippen molar-refractivity contribution in [3.8, 4) is 0 Å². The normalized spacial score (nSPS) is 15.6. The molecule has 2 N–H and O–H groups in total. The number of urea groups is 1. The number of carbonyl (C=O) groups is 3. The van der Waals surface area contributed by atoms with Gasteiger partial charge in [-0.25, -0.2) is 9.78 Å². The molecule has 1 saturated heterocycles. The zero-order valence-electron chi connectivity index (χ0n) is 17.0. The molecule has 1 aliphatic rings. The molecule has 0 radical (unpaired) electrons. The number of rotatable bonds is 5. The average molecular weight is 414 g/mol. The first kappa shape index (κ1) is 20.3. The van der Waals surface area contributed by atoms with Crippen molar-refractivity contribution in [2.75, 3.05) is 22.1 Å². The number of benzene rings is 2. The number of aromatic nitrogens is 1. The smallest absolute Gasteiger partial charge is 0.312 e. The van der Waals surface area contributed by atoms with Gasteiger partial charge < -0.3 is 10.2 Å². The van der Waals surface area contributed by atoms with Crippen LogP contribution in [0.4, 0.5) is 22.0 Å². The van der Waals surface area contributed by atoms with Gasteiger partial charge in [0.25, 0.3) is 0 Å². The maximum atomic E-state index is 12.6. The number of hydrogen-bond acceptors (Lipinski definition) is 4. The highest BCUT2D eigenvalue weighted by molar-refractivity contribution is 6.01. The molecule has 7 nitrogen and oxygen atoms in total. The lowest BCUT2D eigenvalue weighted by atomic mass is 9.99. The molecule has 2 heterocycles. The fourth-order valence-corrected chi connectivity index (χ4v) is 3.63. The van der Waals surface area contributed by atoms with Crippen LogP contribution in [-0.2, 0) is 4.79 Å². The largest absolute Gasteiger partial charge is 0.324 e. The van der Waals surface area contributed by atoms with Crippen LogP contribution in [0.5, 0.6) is 0 Å². The van der Waals surface area contributed by atoms with Crippen molar-refractivity contribution >= 4 is 34.9 Å². The third-order valence-electron chi connectivity index (χ3n) is 5.24. The Hall–Kier alpha value is -4.00. The standard InChI is InChI=1S/C24H22N4O3/c1-16(29)17-7-9-20(10-8-17)26-24(31)27-22-14-21(11-12-25-22)28-15-19(13-23(28)30)18-5-3-2-4-6-18/h2-12,14,19H,13,15H2,1H3,(H2,25,26,27,31). The number of hydrogen-bond donors (Lipinski definition) is 2. The van der Waals surface area contributed by atoms with Crippen molar-refractivity contribution < 1.29 is 14.4 Å². The van der Waals surface area contributed by atoms with Crippen LogP contribution in [0.1, 0.15) is 35.2 Å². The average Bonchev–Trinajstić information content (AvgIpc) is 3.16. The quantitative estimate of drug-likeness (QED) is 0.604. The fourth-order valence-electron chi connectivity index (χ4n) is 3.63. The molecule has 0 saturated carbocycles. The molecule has 31 heavy (non-hydrogen) atoms. The van der Waals surface area contributed by atoms with E-state index in [2.05, 4.69) is 15.6 Å². The van der Waals surface area contributed by atoms with E-state index in [1.807, 2.05) is 30.3 Å². The molecule has 1 atom stereocenters. The summed E-state index contributed by atoms with van der Waals surface area (Å²) in [4.78, 5) is 42.2. The number of carbonyl (C=O) groups excluding carboxylic acids is 3. The van der Waals surface area contributed by atoms with E-state index in [0.717, 1.165) is 5.56 Å². The number of nitrogens with one attached hydrogen (secondary N) is 2. The van der Waals surface area contributed by atoms with Crippen molar-refractivity contribution in [1.29, 1.82) is 0 Å². The minimum Gasteiger partial charge on any atom is -0.312 e. The van der Waals surface area contributed by atoms with Gasteiger partial charge in [0.2, 0.25) is 5.91 Å². The summed E-state index contributed by atoms with van der Waals surface area (Å²) < 4.78 is 0. The molecule has 0 bridgehead atoms. The van der Waals surface area contributed by atoms with Crippen LogP contribution in [0.25, 0.3) is 0 Å². The number of Topliss-reactive ketones (excluding diaryl/α,β-unsaturated/α-hetero) is 1. The maximum absolute atomic E-state index is 12.6. The van der Waals surface area contributed by atoms with Gasteiger partial charge in [-0.1, -0.05) is 30.3 Å². The third kappa shape index (κ3) is 4.78. The summed E-state index contributed by atoms with van der Waals surface area (Å²) >= 11 is 0. The predicted octanol–water partition coefficient (Wildman–Crippen LogP) is 4.45. The monoisotopic (exact) mass is 414 g/mol. The van der Waals surface area contributed by atoms with Gasteiger partial charge in [0, 0.05) is 48.1 Å². The second kappa shape index (κ2) is 8.79. The second-order valence-corrected chi connectivity index (χ2v) is 7.43. The molecule has 1 aromatic heterocycles. The zero-order chi connectivity index (χ0) is 21.8. The minimum atomic E-state index is -0.463. The van der Waals surface area contributed by atoms with Crippen molar-refractivity contribution in [1.82, 2.24) is 4.98 Å². The van der Waals surface area contributed by atoms with E-state index in [0.29, 0.717) is 35.7 Å². The molecule has 3 aromatic rings. The molecule has 1 fully saturated rings. The van der Waals surface area contributed by atoms with Crippen LogP contribution in [0, 0.1) is 0 Å². The summed E-state index contributed by atoms with van der Waals surface area (Å²) in [5, 5.41) is 5.38. The summed E-state index contributed by atoms with van der Waals surface area (Å²) in [7, 11) is 0. The van der Waals surface area contributed by atoms with E-state index < -0.39 is 6.03 Å². The number of amides is 3. The molecule has 2 aromatic carbocycles. The predicted molar refractivity (Wildman–Crippen MR) is 119 cm³/mol. The first-order valence-electron chi connectivity index (χ1n) is 10.00. The second-order valence-electron chi connectivity index (χ2n) is 7.43. The summed E-state index contributed by atoms with van der Waals surface area (Å²) in [5.41, 5.74) is 2.96. The van der Waals surface area contributed by atoms with Crippen molar-refractivity contribution in [2.45, 2.75) is 19.3 Å². The van der Waals surface area contributed by atoms with Gasteiger partial charge in [0.05, 0.1) is 0 Å². The fraction of sp³-hybridized carbons (Fsp3) is 0.167. The lowest BCUT2D eigenvalue weighted by Crippen LogP contribution is -2.25. The lowest BCUT2D eigenvalue weighted by molar-refractivity contribution is -0.117. The molecule has 156 valence electrons. The molecule has 1 aliphatic heterocycles. The van der Waals surface area contributed by atoms with E-state index in [1.165, 1.54) is 6.92 Å². The van der Waals surface area contributed by atoms with E-state index in [1.54, 1.807) is 47.5 Å². The highest BCUT2D eigenvalue weighted by Crippen LogP contribution is 2.32. The van der Waals surface area contributed by atoms with Gasteiger partial charge >= 0.3 is 6.03 Å². The van der Waals surface area contributed by atoms with Crippen molar-refractivity contribution in [3.05, 3.63) is 84.1 Å². The number of pyridine rings is 1. The van der Waals surface area contributed by atoms with E-state index >= 15 is 0 Å². The topological polar surface area (TPSA) is 91.4 Å². The Kier molecular flexibility index (Phi) is 5.75. The maximum Gasteiger partial charge on any atom is 0.324 e. The van der Waals surface area contributed by atoms with Gasteiger partial charge in [-0.2, -0.15) is 0 Å². The third-order valence-corrected chi connectivity index (χ3v) is 5.24. The summed E-state index contributed by atoms with van der Waals surface area (Å²) in [6.07, 6.45) is 2.02. The molecule has 1 unspecified atom stereocenters. The van der Waals surface area contributed by atoms with Crippen LogP contribution >= 0.6 is 0 Å².